The van der Waals surface area contributed by atoms with E-state index in [2.05, 4.69) is 48.5 Å². The summed E-state index contributed by atoms with van der Waals surface area (Å²) in [6.45, 7) is 22.7. The van der Waals surface area contributed by atoms with Crippen molar-refractivity contribution in [1.82, 2.24) is 0 Å². The van der Waals surface area contributed by atoms with Crippen LogP contribution in [-0.2, 0) is 0 Å². The zero-order valence-electron chi connectivity index (χ0n) is 13.3. The van der Waals surface area contributed by atoms with Gasteiger partial charge < -0.3 is 5.11 Å². The second-order valence-corrected chi connectivity index (χ2v) is 3.85. The summed E-state index contributed by atoms with van der Waals surface area (Å²) in [7, 11) is 0. The third-order valence-electron chi connectivity index (χ3n) is 1.37. The third-order valence-corrected chi connectivity index (χ3v) is 1.37. The second-order valence-electron chi connectivity index (χ2n) is 3.85. The van der Waals surface area contributed by atoms with E-state index in [1.54, 1.807) is 0 Å². The van der Waals surface area contributed by atoms with E-state index in [0.717, 1.165) is 19.3 Å². The van der Waals surface area contributed by atoms with Gasteiger partial charge in [0.2, 0.25) is 0 Å². The Morgan fingerprint density at radius 3 is 0.944 bits per heavy atom. The summed E-state index contributed by atoms with van der Waals surface area (Å²) in [6.07, 6.45) is 6.83. The van der Waals surface area contributed by atoms with Gasteiger partial charge in [-0.05, 0) is 12.8 Å². The van der Waals surface area contributed by atoms with Crippen LogP contribution in [0.5, 0.6) is 0 Å². The molecule has 0 rings (SSSR count). The summed E-state index contributed by atoms with van der Waals surface area (Å²) in [5.74, 6) is 0.190. The molecule has 2 heteroatoms. The molecule has 0 aliphatic carbocycles. The van der Waals surface area contributed by atoms with Crippen LogP contribution in [0.25, 0.3) is 0 Å². The summed E-state index contributed by atoms with van der Waals surface area (Å²) in [5.41, 5.74) is 0. The van der Waals surface area contributed by atoms with Gasteiger partial charge in [0.15, 0.2) is 0 Å². The largest absolute Gasteiger partial charge is 0.396 e. The van der Waals surface area contributed by atoms with Gasteiger partial charge in [-0.3, -0.25) is 0 Å². The summed E-state index contributed by atoms with van der Waals surface area (Å²) >= 11 is 0. The van der Waals surface area contributed by atoms with Crippen LogP contribution in [0.3, 0.4) is 0 Å². The maximum Gasteiger partial charge on any atom is 0.0456 e. The molecule has 0 aliphatic rings. The molecular formula is C16H36OSn. The first kappa shape index (κ1) is 31.3. The smallest absolute Gasteiger partial charge is 0.0456 e. The van der Waals surface area contributed by atoms with Crippen LogP contribution >= 0.6 is 0 Å². The topological polar surface area (TPSA) is 20.2 Å². The minimum absolute atomic E-state index is 0. The Morgan fingerprint density at radius 2 is 0.944 bits per heavy atom. The molecule has 0 fully saturated rings. The van der Waals surface area contributed by atoms with Gasteiger partial charge in [-0.2, -0.15) is 0 Å². The molecule has 0 bridgehead atoms. The average molecular weight is 363 g/mol. The van der Waals surface area contributed by atoms with E-state index in [1.807, 2.05) is 6.92 Å². The van der Waals surface area contributed by atoms with Crippen LogP contribution in [-0.4, -0.2) is 35.6 Å². The fraction of sp³-hybridized carbons (Fsp3) is 0.750. The van der Waals surface area contributed by atoms with Gasteiger partial charge in [-0.1, -0.05) is 87.0 Å². The fourth-order valence-corrected chi connectivity index (χ4v) is 0. The number of aliphatic hydroxyl groups is 1. The van der Waals surface area contributed by atoms with E-state index in [1.165, 1.54) is 19.3 Å². The summed E-state index contributed by atoms with van der Waals surface area (Å²) < 4.78 is 0. The normalized spacial score (nSPS) is 7.67. The van der Waals surface area contributed by atoms with Crippen molar-refractivity contribution < 1.29 is 5.11 Å². The van der Waals surface area contributed by atoms with E-state index >= 15 is 0 Å². The second kappa shape index (κ2) is 43.1. The number of hydrogen-bond donors (Lipinski definition) is 1. The molecule has 0 aliphatic heterocycles. The van der Waals surface area contributed by atoms with Crippen molar-refractivity contribution in [1.29, 1.82) is 0 Å². The van der Waals surface area contributed by atoms with Gasteiger partial charge in [-0.25, -0.2) is 0 Å². The Kier molecular flexibility index (Phi) is 74.8. The number of hydrogen-bond acceptors (Lipinski definition) is 1. The molecule has 0 saturated heterocycles. The van der Waals surface area contributed by atoms with Crippen molar-refractivity contribution in [2.75, 3.05) is 6.61 Å². The number of unbranched alkanes of at least 4 members (excludes halogenated alkanes) is 3. The molecule has 0 aromatic heterocycles. The maximum absolute atomic E-state index is 8.08. The molecule has 0 spiro atoms. The first-order valence-electron chi connectivity index (χ1n) is 6.83. The predicted molar refractivity (Wildman–Crippen MR) is 88.2 cm³/mol. The summed E-state index contributed by atoms with van der Waals surface area (Å²) in [5, 5.41) is 8.08. The van der Waals surface area contributed by atoms with Crippen molar-refractivity contribution in [2.45, 2.75) is 66.2 Å². The van der Waals surface area contributed by atoms with Crippen molar-refractivity contribution in [3.05, 3.63) is 27.7 Å². The molecule has 0 amide bonds. The molecule has 18 heavy (non-hydrogen) atoms. The van der Waals surface area contributed by atoms with Crippen LogP contribution < -0.4 is 0 Å². The fourth-order valence-electron chi connectivity index (χ4n) is 0. The first-order chi connectivity index (χ1) is 8.01. The van der Waals surface area contributed by atoms with Gasteiger partial charge in [0, 0.05) is 30.5 Å². The molecule has 110 valence electrons. The maximum atomic E-state index is 8.08. The standard InChI is InChI=1S/C4H9O.3C4H9.Sn/c1-4(2)3-5;3*1-3-4-2;/h4-5H,1,3H2,2H3;3*1,3-4H2,2H3;. The Morgan fingerprint density at radius 1 is 0.833 bits per heavy atom. The van der Waals surface area contributed by atoms with Crippen molar-refractivity contribution in [3.8, 4) is 0 Å². The van der Waals surface area contributed by atoms with E-state index in [0.29, 0.717) is 0 Å². The quantitative estimate of drug-likeness (QED) is 0.703. The van der Waals surface area contributed by atoms with E-state index in [-0.39, 0.29) is 36.4 Å². The molecule has 0 aromatic carbocycles. The summed E-state index contributed by atoms with van der Waals surface area (Å²) in [4.78, 5) is 0. The first-order valence-corrected chi connectivity index (χ1v) is 6.83. The SMILES string of the molecule is [CH2]C(C)CO.[CH2]CCC.[CH2]CCC.[CH2]CCC.[Sn]. The van der Waals surface area contributed by atoms with Crippen molar-refractivity contribution in [2.24, 2.45) is 5.92 Å². The van der Waals surface area contributed by atoms with E-state index in [4.69, 9.17) is 5.11 Å². The zero-order chi connectivity index (χ0) is 14.5. The van der Waals surface area contributed by atoms with Gasteiger partial charge in [0.05, 0.1) is 0 Å². The van der Waals surface area contributed by atoms with Crippen molar-refractivity contribution in [3.63, 3.8) is 0 Å². The molecule has 1 unspecified atom stereocenters. The Hall–Kier alpha value is 0.759. The Labute approximate surface area is 135 Å². The van der Waals surface area contributed by atoms with Crippen molar-refractivity contribution >= 4 is 23.9 Å². The van der Waals surface area contributed by atoms with Crippen LogP contribution in [0.15, 0.2) is 0 Å². The van der Waals surface area contributed by atoms with Crippen LogP contribution in [0.1, 0.15) is 66.2 Å². The molecule has 1 nitrogen and oxygen atoms in total. The minimum Gasteiger partial charge on any atom is -0.396 e. The molecule has 8 radical (unpaired) electrons. The van der Waals surface area contributed by atoms with Crippen LogP contribution in [0, 0.1) is 33.6 Å². The Balaban J connectivity index is -0.0000000412. The third kappa shape index (κ3) is 125. The number of rotatable bonds is 4. The minimum atomic E-state index is 0. The monoisotopic (exact) mass is 364 g/mol. The van der Waals surface area contributed by atoms with Gasteiger partial charge >= 0.3 is 0 Å². The van der Waals surface area contributed by atoms with Crippen LogP contribution in [0.4, 0.5) is 0 Å². The predicted octanol–water partition coefficient (Wildman–Crippen LogP) is 4.93. The average Bonchev–Trinajstić information content (AvgIpc) is 2.39. The van der Waals surface area contributed by atoms with E-state index < -0.39 is 0 Å². The Bertz CT molecular complexity index is 60.0. The number of aliphatic hydroxyl groups excluding tert-OH is 1. The molecule has 0 aromatic rings. The van der Waals surface area contributed by atoms with Gasteiger partial charge in [0.25, 0.3) is 0 Å². The summed E-state index contributed by atoms with van der Waals surface area (Å²) in [6, 6.07) is 0. The zero-order valence-corrected chi connectivity index (χ0v) is 16.2. The molecule has 0 heterocycles. The van der Waals surface area contributed by atoms with Crippen LogP contribution in [0.2, 0.25) is 0 Å². The van der Waals surface area contributed by atoms with E-state index in [9.17, 15) is 0 Å². The molecule has 1 N–H and O–H groups in total. The molecule has 0 saturated carbocycles. The molecule has 1 atom stereocenters. The molecular weight excluding hydrogens is 327 g/mol. The van der Waals surface area contributed by atoms with Gasteiger partial charge in [0.1, 0.15) is 0 Å². The van der Waals surface area contributed by atoms with Gasteiger partial charge in [-0.15, -0.1) is 0 Å².